The van der Waals surface area contributed by atoms with Crippen LogP contribution < -0.4 is 10.2 Å². The zero-order valence-electron chi connectivity index (χ0n) is 15.9. The molecule has 1 fully saturated rings. The van der Waals surface area contributed by atoms with E-state index in [0.717, 1.165) is 4.90 Å². The molecule has 2 heterocycles. The van der Waals surface area contributed by atoms with Crippen LogP contribution in [0.25, 0.3) is 17.4 Å². The number of halogens is 2. The Morgan fingerprint density at radius 3 is 2.41 bits per heavy atom. The second-order valence-corrected chi connectivity index (χ2v) is 7.40. The lowest BCUT2D eigenvalue weighted by molar-refractivity contribution is -0.384. The predicted octanol–water partition coefficient (Wildman–Crippen LogP) is 4.83. The molecule has 2 aromatic carbocycles. The second kappa shape index (κ2) is 8.29. The standard InChI is InChI=1S/C21H11Cl2N3O6/c22-11-1-3-12(4-2-11)25-20(28)16(19(27)24-21(25)29)10-14-6-8-18(32-14)15-9-13(26(30)31)5-7-17(15)23/h1-10H,(H,24,27,29). The van der Waals surface area contributed by atoms with E-state index in [1.165, 1.54) is 60.7 Å². The molecule has 1 saturated heterocycles. The van der Waals surface area contributed by atoms with Gasteiger partial charge in [0.25, 0.3) is 17.5 Å². The summed E-state index contributed by atoms with van der Waals surface area (Å²) < 4.78 is 5.63. The first kappa shape index (κ1) is 21.3. The van der Waals surface area contributed by atoms with Crippen molar-refractivity contribution in [3.63, 3.8) is 0 Å². The molecule has 0 aliphatic carbocycles. The molecule has 0 atom stereocenters. The summed E-state index contributed by atoms with van der Waals surface area (Å²) >= 11 is 12.0. The van der Waals surface area contributed by atoms with Crippen LogP contribution in [-0.4, -0.2) is 22.8 Å². The number of non-ortho nitro benzene ring substituents is 1. The largest absolute Gasteiger partial charge is 0.457 e. The third kappa shape index (κ3) is 3.98. The molecule has 0 radical (unpaired) electrons. The number of urea groups is 1. The molecular weight excluding hydrogens is 461 g/mol. The van der Waals surface area contributed by atoms with E-state index in [1.807, 2.05) is 0 Å². The van der Waals surface area contributed by atoms with E-state index in [-0.39, 0.29) is 39.1 Å². The summed E-state index contributed by atoms with van der Waals surface area (Å²) in [7, 11) is 0. The van der Waals surface area contributed by atoms with E-state index in [1.54, 1.807) is 0 Å². The third-order valence-electron chi connectivity index (χ3n) is 4.53. The number of nitrogens with one attached hydrogen (secondary N) is 1. The van der Waals surface area contributed by atoms with E-state index >= 15 is 0 Å². The first-order valence-electron chi connectivity index (χ1n) is 8.96. The fraction of sp³-hybridized carbons (Fsp3) is 0. The Kier molecular flexibility index (Phi) is 5.52. The monoisotopic (exact) mass is 471 g/mol. The van der Waals surface area contributed by atoms with E-state index in [9.17, 15) is 24.5 Å². The van der Waals surface area contributed by atoms with Crippen molar-refractivity contribution in [2.24, 2.45) is 0 Å². The van der Waals surface area contributed by atoms with Crippen LogP contribution in [0.15, 0.2) is 64.6 Å². The van der Waals surface area contributed by atoms with Crippen molar-refractivity contribution >= 4 is 58.5 Å². The summed E-state index contributed by atoms with van der Waals surface area (Å²) in [6.45, 7) is 0. The minimum absolute atomic E-state index is 0.103. The zero-order valence-corrected chi connectivity index (χ0v) is 17.4. The molecule has 4 rings (SSSR count). The van der Waals surface area contributed by atoms with Gasteiger partial charge in [0.15, 0.2) is 0 Å². The Bertz CT molecular complexity index is 1310. The molecule has 1 aromatic heterocycles. The number of carbonyl (C=O) groups excluding carboxylic acids is 3. The van der Waals surface area contributed by atoms with E-state index in [2.05, 4.69) is 5.32 Å². The Labute approximate surface area is 190 Å². The molecule has 0 bridgehead atoms. The predicted molar refractivity (Wildman–Crippen MR) is 116 cm³/mol. The fourth-order valence-corrected chi connectivity index (χ4v) is 3.35. The lowest BCUT2D eigenvalue weighted by atomic mass is 10.1. The number of rotatable bonds is 4. The summed E-state index contributed by atoms with van der Waals surface area (Å²) in [6, 6.07) is 11.8. The summed E-state index contributed by atoms with van der Waals surface area (Å²) in [5.41, 5.74) is -0.0352. The average Bonchev–Trinajstić information content (AvgIpc) is 3.21. The van der Waals surface area contributed by atoms with Gasteiger partial charge in [-0.25, -0.2) is 9.69 Å². The molecule has 0 saturated carbocycles. The molecule has 3 aromatic rings. The highest BCUT2D eigenvalue weighted by atomic mass is 35.5. The first-order valence-corrected chi connectivity index (χ1v) is 9.71. The molecule has 1 aliphatic rings. The molecular formula is C21H11Cl2N3O6. The number of benzene rings is 2. The van der Waals surface area contributed by atoms with Crippen LogP contribution in [0, 0.1) is 10.1 Å². The highest BCUT2D eigenvalue weighted by Crippen LogP contribution is 2.33. The van der Waals surface area contributed by atoms with Gasteiger partial charge in [0.05, 0.1) is 15.6 Å². The highest BCUT2D eigenvalue weighted by Gasteiger charge is 2.37. The zero-order chi connectivity index (χ0) is 23.0. The minimum Gasteiger partial charge on any atom is -0.457 e. The summed E-state index contributed by atoms with van der Waals surface area (Å²) in [5, 5.41) is 13.8. The van der Waals surface area contributed by atoms with Crippen molar-refractivity contribution in [2.75, 3.05) is 4.90 Å². The van der Waals surface area contributed by atoms with Gasteiger partial charge in [-0.15, -0.1) is 0 Å². The van der Waals surface area contributed by atoms with Crippen LogP contribution in [0.3, 0.4) is 0 Å². The van der Waals surface area contributed by atoms with E-state index in [4.69, 9.17) is 27.6 Å². The number of amides is 4. The van der Waals surface area contributed by atoms with Gasteiger partial charge in [0, 0.05) is 22.7 Å². The molecule has 32 heavy (non-hydrogen) atoms. The average molecular weight is 472 g/mol. The maximum absolute atomic E-state index is 12.9. The van der Waals surface area contributed by atoms with E-state index < -0.39 is 22.8 Å². The molecule has 0 spiro atoms. The van der Waals surface area contributed by atoms with Crippen molar-refractivity contribution in [1.29, 1.82) is 0 Å². The molecule has 0 unspecified atom stereocenters. The molecule has 9 nitrogen and oxygen atoms in total. The number of barbiturate groups is 1. The van der Waals surface area contributed by atoms with Crippen LogP contribution in [-0.2, 0) is 9.59 Å². The number of imide groups is 2. The number of furan rings is 1. The van der Waals surface area contributed by atoms with Gasteiger partial charge >= 0.3 is 6.03 Å². The highest BCUT2D eigenvalue weighted by molar-refractivity contribution is 6.39. The van der Waals surface area contributed by atoms with Gasteiger partial charge in [-0.05, 0) is 48.5 Å². The van der Waals surface area contributed by atoms with Crippen LogP contribution in [0.1, 0.15) is 5.76 Å². The van der Waals surface area contributed by atoms with Crippen LogP contribution >= 0.6 is 23.2 Å². The smallest absolute Gasteiger partial charge is 0.335 e. The number of nitro benzene ring substituents is 1. The van der Waals surface area contributed by atoms with Gasteiger partial charge in [0.2, 0.25) is 0 Å². The molecule has 1 aliphatic heterocycles. The molecule has 4 amide bonds. The van der Waals surface area contributed by atoms with Crippen LogP contribution in [0.5, 0.6) is 0 Å². The lowest BCUT2D eigenvalue weighted by Crippen LogP contribution is -2.54. The summed E-state index contributed by atoms with van der Waals surface area (Å²) in [6.07, 6.45) is 1.17. The van der Waals surface area contributed by atoms with Gasteiger partial charge in [-0.2, -0.15) is 0 Å². The summed E-state index contributed by atoms with van der Waals surface area (Å²) in [4.78, 5) is 48.7. The first-order chi connectivity index (χ1) is 15.2. The maximum atomic E-state index is 12.9. The number of hydrogen-bond donors (Lipinski definition) is 1. The normalized spacial score (nSPS) is 15.2. The Morgan fingerprint density at radius 1 is 1.00 bits per heavy atom. The Morgan fingerprint density at radius 2 is 1.72 bits per heavy atom. The van der Waals surface area contributed by atoms with Crippen molar-refractivity contribution < 1.29 is 23.7 Å². The van der Waals surface area contributed by atoms with Crippen molar-refractivity contribution in [3.8, 4) is 11.3 Å². The topological polar surface area (TPSA) is 123 Å². The number of anilines is 1. The van der Waals surface area contributed by atoms with Crippen molar-refractivity contribution in [3.05, 3.63) is 86.1 Å². The number of hydrogen-bond acceptors (Lipinski definition) is 6. The number of carbonyl (C=O) groups is 3. The van der Waals surface area contributed by atoms with Crippen LogP contribution in [0.4, 0.5) is 16.2 Å². The van der Waals surface area contributed by atoms with Gasteiger partial charge < -0.3 is 4.42 Å². The molecule has 160 valence electrons. The van der Waals surface area contributed by atoms with Gasteiger partial charge in [0.1, 0.15) is 17.1 Å². The number of nitro groups is 1. The Hall–Kier alpha value is -3.95. The van der Waals surface area contributed by atoms with Crippen LogP contribution in [0.2, 0.25) is 10.0 Å². The van der Waals surface area contributed by atoms with Gasteiger partial charge in [-0.1, -0.05) is 23.2 Å². The minimum atomic E-state index is -0.900. The maximum Gasteiger partial charge on any atom is 0.335 e. The van der Waals surface area contributed by atoms with Gasteiger partial charge in [-0.3, -0.25) is 25.0 Å². The second-order valence-electron chi connectivity index (χ2n) is 6.56. The SMILES string of the molecule is O=C1NC(=O)N(c2ccc(Cl)cc2)C(=O)C1=Cc1ccc(-c2cc([N+](=O)[O-])ccc2Cl)o1. The van der Waals surface area contributed by atoms with E-state index in [0.29, 0.717) is 5.02 Å². The molecule has 1 N–H and O–H groups in total. The fourth-order valence-electron chi connectivity index (χ4n) is 3.02. The lowest BCUT2D eigenvalue weighted by Gasteiger charge is -2.26. The van der Waals surface area contributed by atoms with Crippen molar-refractivity contribution in [2.45, 2.75) is 0 Å². The molecule has 11 heteroatoms. The van der Waals surface area contributed by atoms with Crippen molar-refractivity contribution in [1.82, 2.24) is 5.32 Å². The quantitative estimate of drug-likeness (QED) is 0.251. The third-order valence-corrected chi connectivity index (χ3v) is 5.11. The Balaban J connectivity index is 1.69. The number of nitrogens with zero attached hydrogens (tertiary/aromatic N) is 2. The summed E-state index contributed by atoms with van der Waals surface area (Å²) in [5.74, 6) is -1.45.